The molecule has 0 radical (unpaired) electrons. The van der Waals surface area contributed by atoms with Crippen LogP contribution < -0.4 is 9.80 Å². The first-order chi connectivity index (χ1) is 22.2. The molecule has 3 aliphatic rings. The number of hydrogen-bond donors (Lipinski definition) is 2. The second-order valence-corrected chi connectivity index (χ2v) is 13.8. The highest BCUT2D eigenvalue weighted by Crippen LogP contribution is 2.49. The molecule has 0 saturated carbocycles. The second-order valence-electron chi connectivity index (χ2n) is 13.8. The molecule has 0 saturated heterocycles. The van der Waals surface area contributed by atoms with Crippen LogP contribution in [0.1, 0.15) is 84.9 Å². The van der Waals surface area contributed by atoms with E-state index in [4.69, 9.17) is 0 Å². The molecule has 47 heavy (non-hydrogen) atoms. The van der Waals surface area contributed by atoms with Crippen molar-refractivity contribution >= 4 is 28.9 Å². The summed E-state index contributed by atoms with van der Waals surface area (Å²) in [5, 5.41) is 19.2. The van der Waals surface area contributed by atoms with Gasteiger partial charge in [0.25, 0.3) is 0 Å². The van der Waals surface area contributed by atoms with Gasteiger partial charge in [-0.3, -0.25) is 0 Å². The van der Waals surface area contributed by atoms with E-state index < -0.39 is 11.9 Å². The van der Waals surface area contributed by atoms with Crippen molar-refractivity contribution in [3.63, 3.8) is 0 Å². The van der Waals surface area contributed by atoms with E-state index in [1.54, 1.807) is 18.2 Å². The van der Waals surface area contributed by atoms with Crippen molar-refractivity contribution in [3.05, 3.63) is 147 Å². The number of rotatable bonds is 7. The smallest absolute Gasteiger partial charge is 0.335 e. The minimum Gasteiger partial charge on any atom is -0.478 e. The van der Waals surface area contributed by atoms with Crippen molar-refractivity contribution in [1.82, 2.24) is 0 Å². The van der Waals surface area contributed by atoms with Gasteiger partial charge in [0.1, 0.15) is 0 Å². The van der Waals surface area contributed by atoms with E-state index in [0.29, 0.717) is 11.1 Å². The summed E-state index contributed by atoms with van der Waals surface area (Å²) in [6.07, 6.45) is 10.7. The number of fused-ring (bicyclic) bond motifs is 2. The molecule has 6 nitrogen and oxygen atoms in total. The third-order valence-corrected chi connectivity index (χ3v) is 10.3. The first kappa shape index (κ1) is 31.9. The minimum atomic E-state index is -0.920. The number of nitrogens with zero attached hydrogens (tertiary/aromatic N) is 2. The molecule has 0 unspecified atom stereocenters. The van der Waals surface area contributed by atoms with Gasteiger partial charge < -0.3 is 20.0 Å². The quantitative estimate of drug-likeness (QED) is 0.272. The topological polar surface area (TPSA) is 81.1 Å². The predicted molar refractivity (Wildman–Crippen MR) is 190 cm³/mol. The Kier molecular flexibility index (Phi) is 7.87. The van der Waals surface area contributed by atoms with Crippen LogP contribution >= 0.6 is 0 Å². The van der Waals surface area contributed by atoms with Gasteiger partial charge in [0, 0.05) is 47.7 Å². The molecule has 6 rings (SSSR count). The van der Waals surface area contributed by atoms with E-state index in [-0.39, 0.29) is 10.8 Å². The van der Waals surface area contributed by atoms with Crippen molar-refractivity contribution < 1.29 is 19.8 Å². The van der Waals surface area contributed by atoms with Crippen LogP contribution in [0, 0.1) is 0 Å². The second kappa shape index (κ2) is 11.6. The summed E-state index contributed by atoms with van der Waals surface area (Å²) >= 11 is 0. The Morgan fingerprint density at radius 3 is 2.11 bits per heavy atom. The third kappa shape index (κ3) is 5.32. The third-order valence-electron chi connectivity index (χ3n) is 10.3. The van der Waals surface area contributed by atoms with Gasteiger partial charge in [-0.05, 0) is 107 Å². The van der Waals surface area contributed by atoms with E-state index in [1.165, 1.54) is 28.0 Å². The summed E-state index contributed by atoms with van der Waals surface area (Å²) in [4.78, 5) is 27.9. The summed E-state index contributed by atoms with van der Waals surface area (Å²) < 4.78 is 0. The number of hydrogen-bond acceptors (Lipinski definition) is 4. The van der Waals surface area contributed by atoms with Crippen molar-refractivity contribution in [2.45, 2.75) is 58.3 Å². The molecular weight excluding hydrogens is 584 g/mol. The van der Waals surface area contributed by atoms with Gasteiger partial charge >= 0.3 is 11.9 Å². The van der Waals surface area contributed by atoms with Crippen LogP contribution in [0.5, 0.6) is 0 Å². The molecule has 3 aromatic rings. The Bertz CT molecular complexity index is 1970. The van der Waals surface area contributed by atoms with Crippen LogP contribution in [-0.2, 0) is 10.8 Å². The number of carboxylic acid groups (broad SMARTS) is 2. The molecule has 1 heterocycles. The Hall–Kier alpha value is -5.10. The van der Waals surface area contributed by atoms with Gasteiger partial charge in [-0.25, -0.2) is 9.59 Å². The van der Waals surface area contributed by atoms with Crippen molar-refractivity contribution in [2.24, 2.45) is 0 Å². The zero-order valence-corrected chi connectivity index (χ0v) is 28.2. The van der Waals surface area contributed by atoms with Gasteiger partial charge in [-0.1, -0.05) is 70.2 Å². The van der Waals surface area contributed by atoms with E-state index in [0.717, 1.165) is 46.6 Å². The maximum atomic E-state index is 11.7. The summed E-state index contributed by atoms with van der Waals surface area (Å²) in [7, 11) is 4.16. The number of anilines is 2. The molecule has 6 heteroatoms. The maximum Gasteiger partial charge on any atom is 0.335 e. The SMILES string of the molecule is CC1=C(/C=C/C2=C(N(C)c3ccccc3)C(=C/C=C3/N(C)c4ccc(C(=O)O)cc4C3(C)C)/CC2)C(C)(C)c2cc(C(=O)O)ccc21. The number of carboxylic acids is 2. The lowest BCUT2D eigenvalue weighted by atomic mass is 9.80. The van der Waals surface area contributed by atoms with Crippen LogP contribution in [0.4, 0.5) is 11.4 Å². The Balaban J connectivity index is 1.41. The van der Waals surface area contributed by atoms with Crippen LogP contribution in [-0.4, -0.2) is 36.2 Å². The van der Waals surface area contributed by atoms with Gasteiger partial charge in [0.05, 0.1) is 11.1 Å². The van der Waals surface area contributed by atoms with Crippen molar-refractivity contribution in [1.29, 1.82) is 0 Å². The molecule has 0 spiro atoms. The molecule has 3 aromatic carbocycles. The number of likely N-dealkylation sites (N-methyl/N-ethyl adjacent to an activating group) is 2. The molecule has 0 atom stereocenters. The van der Waals surface area contributed by atoms with Crippen LogP contribution in [0.25, 0.3) is 5.57 Å². The lowest BCUT2D eigenvalue weighted by Crippen LogP contribution is -2.23. The lowest BCUT2D eigenvalue weighted by molar-refractivity contribution is 0.0686. The number of para-hydroxylation sites is 1. The van der Waals surface area contributed by atoms with E-state index in [9.17, 15) is 19.8 Å². The van der Waals surface area contributed by atoms with Gasteiger partial charge in [0.2, 0.25) is 0 Å². The molecule has 1 aliphatic heterocycles. The number of aromatic carboxylic acids is 2. The molecule has 2 N–H and O–H groups in total. The Morgan fingerprint density at radius 1 is 0.809 bits per heavy atom. The van der Waals surface area contributed by atoms with E-state index >= 15 is 0 Å². The van der Waals surface area contributed by atoms with Crippen molar-refractivity contribution in [3.8, 4) is 0 Å². The lowest BCUT2D eigenvalue weighted by Gasteiger charge is -2.25. The molecule has 0 fully saturated rings. The van der Waals surface area contributed by atoms with Crippen LogP contribution in [0.3, 0.4) is 0 Å². The Morgan fingerprint density at radius 2 is 1.45 bits per heavy atom. The number of carbonyl (C=O) groups is 2. The van der Waals surface area contributed by atoms with E-state index in [1.807, 2.05) is 31.3 Å². The minimum absolute atomic E-state index is 0.299. The van der Waals surface area contributed by atoms with E-state index in [2.05, 4.69) is 100 Å². The molecule has 0 bridgehead atoms. The molecule has 2 aliphatic carbocycles. The fraction of sp³-hybridized carbons (Fsp3) is 0.268. The number of benzene rings is 3. The fourth-order valence-electron chi connectivity index (χ4n) is 7.69. The van der Waals surface area contributed by atoms with Crippen LogP contribution in [0.15, 0.2) is 119 Å². The highest BCUT2D eigenvalue weighted by atomic mass is 16.4. The normalized spacial score (nSPS) is 19.7. The first-order valence-corrected chi connectivity index (χ1v) is 16.1. The fourth-order valence-corrected chi connectivity index (χ4v) is 7.69. The highest BCUT2D eigenvalue weighted by Gasteiger charge is 2.39. The maximum absolute atomic E-state index is 11.7. The zero-order valence-electron chi connectivity index (χ0n) is 28.2. The van der Waals surface area contributed by atoms with Gasteiger partial charge in [0.15, 0.2) is 0 Å². The summed E-state index contributed by atoms with van der Waals surface area (Å²) in [5.41, 5.74) is 12.3. The molecular formula is C41H42N2O4. The van der Waals surface area contributed by atoms with Gasteiger partial charge in [-0.15, -0.1) is 0 Å². The first-order valence-electron chi connectivity index (χ1n) is 16.1. The Labute approximate surface area is 277 Å². The predicted octanol–water partition coefficient (Wildman–Crippen LogP) is 9.13. The average Bonchev–Trinajstić information content (AvgIpc) is 3.60. The summed E-state index contributed by atoms with van der Waals surface area (Å²) in [6, 6.07) is 21.2. The van der Waals surface area contributed by atoms with Gasteiger partial charge in [-0.2, -0.15) is 0 Å². The largest absolute Gasteiger partial charge is 0.478 e. The monoisotopic (exact) mass is 626 g/mol. The molecule has 0 aromatic heterocycles. The highest BCUT2D eigenvalue weighted by molar-refractivity contribution is 5.91. The number of allylic oxidation sites excluding steroid dienone is 9. The molecule has 0 amide bonds. The average molecular weight is 627 g/mol. The summed E-state index contributed by atoms with van der Waals surface area (Å²) in [6.45, 7) is 10.8. The van der Waals surface area contributed by atoms with Crippen molar-refractivity contribution in [2.75, 3.05) is 23.9 Å². The van der Waals surface area contributed by atoms with Crippen LogP contribution in [0.2, 0.25) is 0 Å². The zero-order chi connectivity index (χ0) is 33.8. The molecule has 240 valence electrons. The standard InChI is InChI=1S/C41H42N2O4/c1-25-31-19-15-28(38(44)45)23-33(31)40(2,3)32(25)20-16-26-13-14-27(37(26)42(6)30-11-9-8-10-12-30)18-22-36-41(4,5)34-24-29(39(46)47)17-21-35(34)43(36)7/h8-12,15-24H,13-14H2,1-7H3,(H,44,45)(H,46,47)/b20-16+,27-18+,36-22+. The summed E-state index contributed by atoms with van der Waals surface area (Å²) in [5.74, 6) is -1.83.